The third-order valence-corrected chi connectivity index (χ3v) is 2.90. The van der Waals surface area contributed by atoms with Crippen LogP contribution >= 0.6 is 0 Å². The molecular formula is C15H19N3. The lowest BCUT2D eigenvalue weighted by Crippen LogP contribution is -2.20. The Morgan fingerprint density at radius 1 is 1.11 bits per heavy atom. The number of hydrogen-bond acceptors (Lipinski definition) is 3. The molecule has 0 saturated carbocycles. The van der Waals surface area contributed by atoms with Crippen LogP contribution in [0.25, 0.3) is 0 Å². The van der Waals surface area contributed by atoms with Crippen LogP contribution in [0.4, 0.5) is 0 Å². The molecule has 2 aromatic rings. The minimum atomic E-state index is 0.864. The van der Waals surface area contributed by atoms with Gasteiger partial charge in [0.05, 0.1) is 5.69 Å². The van der Waals surface area contributed by atoms with Crippen LogP contribution in [0.2, 0.25) is 0 Å². The maximum Gasteiger partial charge on any atom is 0.0726 e. The number of aryl methyl sites for hydroxylation is 1. The molecule has 0 N–H and O–H groups in total. The van der Waals surface area contributed by atoms with Gasteiger partial charge in [0.25, 0.3) is 0 Å². The van der Waals surface area contributed by atoms with E-state index < -0.39 is 0 Å². The molecule has 0 amide bonds. The summed E-state index contributed by atoms with van der Waals surface area (Å²) < 4.78 is 0. The molecule has 0 spiro atoms. The minimum absolute atomic E-state index is 0.864. The highest BCUT2D eigenvalue weighted by Gasteiger charge is 2.01. The maximum absolute atomic E-state index is 4.28. The van der Waals surface area contributed by atoms with Crippen LogP contribution < -0.4 is 0 Å². The molecule has 0 aliphatic carbocycles. The zero-order valence-electron chi connectivity index (χ0n) is 10.8. The Balaban J connectivity index is 1.71. The van der Waals surface area contributed by atoms with E-state index in [0.717, 1.165) is 25.2 Å². The van der Waals surface area contributed by atoms with E-state index in [1.807, 2.05) is 6.20 Å². The summed E-state index contributed by atoms with van der Waals surface area (Å²) in [4.78, 5) is 10.6. The largest absolute Gasteiger partial charge is 0.300 e. The first-order valence-corrected chi connectivity index (χ1v) is 6.32. The van der Waals surface area contributed by atoms with E-state index in [2.05, 4.69) is 52.2 Å². The summed E-state index contributed by atoms with van der Waals surface area (Å²) in [5.74, 6) is 0. The lowest BCUT2D eigenvalue weighted by molar-refractivity contribution is 0.318. The standard InChI is InChI=1S/C15H19N3/c1-18(13-15-12-16-9-10-17-15)11-5-8-14-6-3-2-4-7-14/h2-4,6-7,9-10,12H,5,8,11,13H2,1H3. The molecule has 1 heterocycles. The van der Waals surface area contributed by atoms with Crippen molar-refractivity contribution in [3.05, 3.63) is 60.2 Å². The Kier molecular flexibility index (Phi) is 4.85. The number of nitrogens with zero attached hydrogens (tertiary/aromatic N) is 3. The van der Waals surface area contributed by atoms with E-state index in [4.69, 9.17) is 0 Å². The average Bonchev–Trinajstić information content (AvgIpc) is 2.41. The van der Waals surface area contributed by atoms with Crippen molar-refractivity contribution in [3.63, 3.8) is 0 Å². The summed E-state index contributed by atoms with van der Waals surface area (Å²) in [6.45, 7) is 1.94. The topological polar surface area (TPSA) is 29.0 Å². The van der Waals surface area contributed by atoms with Gasteiger partial charge in [0, 0.05) is 25.1 Å². The van der Waals surface area contributed by atoms with Crippen molar-refractivity contribution in [1.82, 2.24) is 14.9 Å². The van der Waals surface area contributed by atoms with Crippen LogP contribution in [-0.4, -0.2) is 28.5 Å². The van der Waals surface area contributed by atoms with Crippen LogP contribution in [0.15, 0.2) is 48.9 Å². The second-order valence-corrected chi connectivity index (χ2v) is 4.52. The Morgan fingerprint density at radius 2 is 1.94 bits per heavy atom. The SMILES string of the molecule is CN(CCCc1ccccc1)Cc1cnccn1. The molecule has 0 aliphatic heterocycles. The Labute approximate surface area is 109 Å². The quantitative estimate of drug-likeness (QED) is 0.778. The molecule has 0 bridgehead atoms. The normalized spacial score (nSPS) is 10.8. The molecule has 3 heteroatoms. The Morgan fingerprint density at radius 3 is 2.67 bits per heavy atom. The molecule has 3 nitrogen and oxygen atoms in total. The lowest BCUT2D eigenvalue weighted by atomic mass is 10.1. The smallest absolute Gasteiger partial charge is 0.0726 e. The van der Waals surface area contributed by atoms with E-state index in [9.17, 15) is 0 Å². The second kappa shape index (κ2) is 6.87. The van der Waals surface area contributed by atoms with Crippen LogP contribution in [0, 0.1) is 0 Å². The summed E-state index contributed by atoms with van der Waals surface area (Å²) in [7, 11) is 2.12. The third kappa shape index (κ3) is 4.26. The summed E-state index contributed by atoms with van der Waals surface area (Å²) in [6.07, 6.45) is 7.58. The third-order valence-electron chi connectivity index (χ3n) is 2.90. The number of hydrogen-bond donors (Lipinski definition) is 0. The highest BCUT2D eigenvalue weighted by Crippen LogP contribution is 2.04. The van der Waals surface area contributed by atoms with Crippen LogP contribution in [-0.2, 0) is 13.0 Å². The van der Waals surface area contributed by atoms with E-state index in [-0.39, 0.29) is 0 Å². The molecule has 0 atom stereocenters. The summed E-state index contributed by atoms with van der Waals surface area (Å²) in [6, 6.07) is 10.6. The molecule has 0 saturated heterocycles. The zero-order chi connectivity index (χ0) is 12.6. The van der Waals surface area contributed by atoms with Crippen molar-refractivity contribution >= 4 is 0 Å². The number of rotatable bonds is 6. The van der Waals surface area contributed by atoms with E-state index in [1.54, 1.807) is 12.4 Å². The average molecular weight is 241 g/mol. The first-order chi connectivity index (χ1) is 8.84. The Hall–Kier alpha value is -1.74. The lowest BCUT2D eigenvalue weighted by Gasteiger charge is -2.15. The van der Waals surface area contributed by atoms with Crippen molar-refractivity contribution in [2.24, 2.45) is 0 Å². The zero-order valence-corrected chi connectivity index (χ0v) is 10.8. The van der Waals surface area contributed by atoms with Gasteiger partial charge in [-0.15, -0.1) is 0 Å². The second-order valence-electron chi connectivity index (χ2n) is 4.52. The van der Waals surface area contributed by atoms with Crippen molar-refractivity contribution in [2.45, 2.75) is 19.4 Å². The molecular weight excluding hydrogens is 222 g/mol. The van der Waals surface area contributed by atoms with Gasteiger partial charge in [0.1, 0.15) is 0 Å². The van der Waals surface area contributed by atoms with Crippen molar-refractivity contribution in [2.75, 3.05) is 13.6 Å². The van der Waals surface area contributed by atoms with Gasteiger partial charge in [0.2, 0.25) is 0 Å². The van der Waals surface area contributed by atoms with Gasteiger partial charge in [-0.05, 0) is 32.0 Å². The predicted molar refractivity (Wildman–Crippen MR) is 73.1 cm³/mol. The fourth-order valence-electron chi connectivity index (χ4n) is 1.96. The van der Waals surface area contributed by atoms with Gasteiger partial charge >= 0.3 is 0 Å². The highest BCUT2D eigenvalue weighted by atomic mass is 15.1. The summed E-state index contributed by atoms with van der Waals surface area (Å²) in [5, 5.41) is 0. The van der Waals surface area contributed by atoms with Gasteiger partial charge in [-0.25, -0.2) is 0 Å². The van der Waals surface area contributed by atoms with Gasteiger partial charge in [-0.3, -0.25) is 9.97 Å². The first kappa shape index (κ1) is 12.7. The fraction of sp³-hybridized carbons (Fsp3) is 0.333. The molecule has 1 aromatic carbocycles. The monoisotopic (exact) mass is 241 g/mol. The molecule has 18 heavy (non-hydrogen) atoms. The van der Waals surface area contributed by atoms with Crippen LogP contribution in [0.5, 0.6) is 0 Å². The van der Waals surface area contributed by atoms with Gasteiger partial charge in [-0.2, -0.15) is 0 Å². The van der Waals surface area contributed by atoms with E-state index in [0.29, 0.717) is 0 Å². The van der Waals surface area contributed by atoms with E-state index in [1.165, 1.54) is 12.0 Å². The fourth-order valence-corrected chi connectivity index (χ4v) is 1.96. The predicted octanol–water partition coefficient (Wildman–Crippen LogP) is 2.54. The van der Waals surface area contributed by atoms with Crippen LogP contribution in [0.1, 0.15) is 17.7 Å². The number of benzene rings is 1. The molecule has 1 aromatic heterocycles. The molecule has 0 unspecified atom stereocenters. The molecule has 2 rings (SSSR count). The van der Waals surface area contributed by atoms with Gasteiger partial charge in [-0.1, -0.05) is 30.3 Å². The molecule has 0 fully saturated rings. The van der Waals surface area contributed by atoms with Crippen molar-refractivity contribution in [3.8, 4) is 0 Å². The summed E-state index contributed by atoms with van der Waals surface area (Å²) in [5.41, 5.74) is 2.44. The van der Waals surface area contributed by atoms with Crippen molar-refractivity contribution in [1.29, 1.82) is 0 Å². The highest BCUT2D eigenvalue weighted by molar-refractivity contribution is 5.14. The Bertz CT molecular complexity index is 442. The first-order valence-electron chi connectivity index (χ1n) is 6.32. The molecule has 0 radical (unpaired) electrons. The number of aromatic nitrogens is 2. The van der Waals surface area contributed by atoms with Gasteiger partial charge in [0.15, 0.2) is 0 Å². The van der Waals surface area contributed by atoms with Crippen molar-refractivity contribution < 1.29 is 0 Å². The van der Waals surface area contributed by atoms with E-state index >= 15 is 0 Å². The maximum atomic E-state index is 4.28. The van der Waals surface area contributed by atoms with Gasteiger partial charge < -0.3 is 4.90 Å². The molecule has 94 valence electrons. The molecule has 0 aliphatic rings. The summed E-state index contributed by atoms with van der Waals surface area (Å²) >= 11 is 0. The van der Waals surface area contributed by atoms with Crippen LogP contribution in [0.3, 0.4) is 0 Å². The minimum Gasteiger partial charge on any atom is -0.300 e.